The average molecular weight is 531 g/mol. The van der Waals surface area contributed by atoms with Gasteiger partial charge >= 0.3 is 12.5 Å². The van der Waals surface area contributed by atoms with Gasteiger partial charge in [-0.05, 0) is 36.4 Å². The van der Waals surface area contributed by atoms with Crippen LogP contribution < -0.4 is 4.90 Å². The Labute approximate surface area is 212 Å². The quantitative estimate of drug-likeness (QED) is 0.338. The van der Waals surface area contributed by atoms with Gasteiger partial charge in [-0.2, -0.15) is 8.78 Å². The normalized spacial score (nSPS) is 14.3. The fraction of sp³-hybridized carbons (Fsp3) is 0.240. The minimum atomic E-state index is -2.94. The maximum atomic E-state index is 15.2. The van der Waals surface area contributed by atoms with Gasteiger partial charge in [0.15, 0.2) is 0 Å². The van der Waals surface area contributed by atoms with Crippen molar-refractivity contribution in [3.05, 3.63) is 78.1 Å². The predicted octanol–water partition coefficient (Wildman–Crippen LogP) is 5.26. The average Bonchev–Trinajstić information content (AvgIpc) is 3.61. The zero-order chi connectivity index (χ0) is 25.9. The zero-order valence-corrected chi connectivity index (χ0v) is 20.2. The Morgan fingerprint density at radius 1 is 1.05 bits per heavy atom. The minimum absolute atomic E-state index is 0.113. The highest BCUT2D eigenvalue weighted by Crippen LogP contribution is 2.29. The van der Waals surface area contributed by atoms with Crippen LogP contribution in [-0.2, 0) is 17.3 Å². The van der Waals surface area contributed by atoms with Crippen molar-refractivity contribution < 1.29 is 31.0 Å². The molecule has 2 aromatic carbocycles. The lowest BCUT2D eigenvalue weighted by molar-refractivity contribution is 0.116. The van der Waals surface area contributed by atoms with Crippen molar-refractivity contribution in [3.63, 3.8) is 0 Å². The molecule has 4 aromatic rings. The summed E-state index contributed by atoms with van der Waals surface area (Å²) in [6.07, 6.45) is -1.39. The molecule has 0 atom stereocenters. The van der Waals surface area contributed by atoms with Gasteiger partial charge in [0, 0.05) is 57.8 Å². The number of amides is 2. The van der Waals surface area contributed by atoms with E-state index in [4.69, 9.17) is 8.83 Å². The number of aromatic nitrogens is 2. The SMILES string of the molecule is O=C(N1CCS(=O)CC1)N(Cc1ccc(-c2nnc(C(F)F)o2)cc1F)c1cccc(-c2ccco2)c1. The Balaban J connectivity index is 1.46. The second-order valence-corrected chi connectivity index (χ2v) is 9.98. The lowest BCUT2D eigenvalue weighted by atomic mass is 10.1. The van der Waals surface area contributed by atoms with Crippen LogP contribution in [0.3, 0.4) is 0 Å². The van der Waals surface area contributed by atoms with Gasteiger partial charge < -0.3 is 13.7 Å². The van der Waals surface area contributed by atoms with Gasteiger partial charge in [0.2, 0.25) is 5.89 Å². The molecule has 1 aliphatic rings. The summed E-state index contributed by atoms with van der Waals surface area (Å²) in [4.78, 5) is 16.6. The molecule has 5 rings (SSSR count). The van der Waals surface area contributed by atoms with E-state index >= 15 is 4.39 Å². The van der Waals surface area contributed by atoms with Gasteiger partial charge in [0.05, 0.1) is 12.8 Å². The highest BCUT2D eigenvalue weighted by Gasteiger charge is 2.27. The summed E-state index contributed by atoms with van der Waals surface area (Å²) < 4.78 is 62.9. The second-order valence-electron chi connectivity index (χ2n) is 8.28. The fourth-order valence-electron chi connectivity index (χ4n) is 3.96. The molecule has 0 N–H and O–H groups in total. The summed E-state index contributed by atoms with van der Waals surface area (Å²) in [5, 5.41) is 6.81. The standard InChI is InChI=1S/C25H21F3N4O4S/c26-20-14-17(23-29-30-24(36-23)22(27)28)6-7-18(20)15-32(25(33)31-8-11-37(34)12-9-31)19-4-1-3-16(13-19)21-5-2-10-35-21/h1-7,10,13-14,22H,8-9,11-12,15H2. The number of carbonyl (C=O) groups excluding carboxylic acids is 1. The second kappa shape index (κ2) is 10.6. The summed E-state index contributed by atoms with van der Waals surface area (Å²) in [5.74, 6) is -0.397. The van der Waals surface area contributed by atoms with Crippen molar-refractivity contribution in [2.24, 2.45) is 0 Å². The summed E-state index contributed by atoms with van der Waals surface area (Å²) >= 11 is 0. The Hall–Kier alpha value is -3.93. The molecule has 1 saturated heterocycles. The molecule has 1 aliphatic heterocycles. The first kappa shape index (κ1) is 24.8. The van der Waals surface area contributed by atoms with Crippen LogP contribution in [0.4, 0.5) is 23.7 Å². The van der Waals surface area contributed by atoms with Gasteiger partial charge in [-0.1, -0.05) is 18.2 Å². The number of hydrogen-bond acceptors (Lipinski definition) is 6. The van der Waals surface area contributed by atoms with Crippen LogP contribution in [0.5, 0.6) is 0 Å². The van der Waals surface area contributed by atoms with E-state index in [1.807, 2.05) is 6.07 Å². The number of furan rings is 1. The molecular formula is C25H21F3N4O4S. The number of anilines is 1. The van der Waals surface area contributed by atoms with Crippen molar-refractivity contribution in [1.29, 1.82) is 0 Å². The lowest BCUT2D eigenvalue weighted by Crippen LogP contribution is -2.48. The smallest absolute Gasteiger partial charge is 0.324 e. The largest absolute Gasteiger partial charge is 0.464 e. The molecule has 12 heteroatoms. The first-order valence-electron chi connectivity index (χ1n) is 11.3. The van der Waals surface area contributed by atoms with E-state index < -0.39 is 28.9 Å². The molecule has 2 amide bonds. The lowest BCUT2D eigenvalue weighted by Gasteiger charge is -2.33. The van der Waals surface area contributed by atoms with E-state index in [2.05, 4.69) is 10.2 Å². The van der Waals surface area contributed by atoms with Gasteiger partial charge in [-0.15, -0.1) is 10.2 Å². The molecule has 0 radical (unpaired) electrons. The van der Waals surface area contributed by atoms with Gasteiger partial charge in [-0.25, -0.2) is 9.18 Å². The van der Waals surface area contributed by atoms with Crippen molar-refractivity contribution in [2.45, 2.75) is 13.0 Å². The van der Waals surface area contributed by atoms with Crippen molar-refractivity contribution in [2.75, 3.05) is 29.5 Å². The van der Waals surface area contributed by atoms with Gasteiger partial charge in [0.1, 0.15) is 11.6 Å². The number of rotatable bonds is 6. The third kappa shape index (κ3) is 5.43. The van der Waals surface area contributed by atoms with E-state index in [1.165, 1.54) is 17.0 Å². The summed E-state index contributed by atoms with van der Waals surface area (Å²) in [6.45, 7) is 0.536. The topological polar surface area (TPSA) is 92.7 Å². The third-order valence-corrected chi connectivity index (χ3v) is 7.17. The van der Waals surface area contributed by atoms with Crippen molar-refractivity contribution in [1.82, 2.24) is 15.1 Å². The Morgan fingerprint density at radius 2 is 1.86 bits per heavy atom. The summed E-state index contributed by atoms with van der Waals surface area (Å²) in [7, 11) is -0.975. The zero-order valence-electron chi connectivity index (χ0n) is 19.4. The van der Waals surface area contributed by atoms with Crippen LogP contribution in [0.15, 0.2) is 69.7 Å². The van der Waals surface area contributed by atoms with Crippen LogP contribution in [0.1, 0.15) is 17.9 Å². The Kier molecular flexibility index (Phi) is 7.08. The fourth-order valence-corrected chi connectivity index (χ4v) is 5.01. The first-order valence-corrected chi connectivity index (χ1v) is 12.8. The monoisotopic (exact) mass is 530 g/mol. The van der Waals surface area contributed by atoms with Crippen LogP contribution >= 0.6 is 0 Å². The molecule has 1 fully saturated rings. The number of halogens is 3. The van der Waals surface area contributed by atoms with E-state index in [0.717, 1.165) is 11.6 Å². The molecule has 0 aliphatic carbocycles. The molecule has 2 aromatic heterocycles. The predicted molar refractivity (Wildman–Crippen MR) is 130 cm³/mol. The molecule has 8 nitrogen and oxygen atoms in total. The van der Waals surface area contributed by atoms with Crippen molar-refractivity contribution >= 4 is 22.5 Å². The van der Waals surface area contributed by atoms with E-state index in [1.54, 1.807) is 41.5 Å². The van der Waals surface area contributed by atoms with E-state index in [9.17, 15) is 17.8 Å². The number of carbonyl (C=O) groups is 1. The molecule has 3 heterocycles. The van der Waals surface area contributed by atoms with E-state index in [-0.39, 0.29) is 29.6 Å². The molecule has 0 bridgehead atoms. The Bertz CT molecular complexity index is 1420. The highest BCUT2D eigenvalue weighted by atomic mass is 32.2. The van der Waals surface area contributed by atoms with Crippen LogP contribution in [0.2, 0.25) is 0 Å². The number of nitrogens with zero attached hydrogens (tertiary/aromatic N) is 4. The maximum Gasteiger partial charge on any atom is 0.324 e. The maximum absolute atomic E-state index is 15.2. The van der Waals surface area contributed by atoms with E-state index in [0.29, 0.717) is 36.0 Å². The Morgan fingerprint density at radius 3 is 2.54 bits per heavy atom. The minimum Gasteiger partial charge on any atom is -0.464 e. The number of benzene rings is 2. The summed E-state index contributed by atoms with van der Waals surface area (Å²) in [5.41, 5.74) is 1.58. The number of hydrogen-bond donors (Lipinski definition) is 0. The molecule has 0 spiro atoms. The number of alkyl halides is 2. The van der Waals surface area contributed by atoms with Crippen LogP contribution in [-0.4, -0.2) is 49.9 Å². The molecule has 37 heavy (non-hydrogen) atoms. The highest BCUT2D eigenvalue weighted by molar-refractivity contribution is 7.85. The van der Waals surface area contributed by atoms with Gasteiger partial charge in [0.25, 0.3) is 5.89 Å². The molecule has 192 valence electrons. The summed E-state index contributed by atoms with van der Waals surface area (Å²) in [6, 6.07) is 14.3. The number of urea groups is 1. The van der Waals surface area contributed by atoms with Crippen LogP contribution in [0, 0.1) is 5.82 Å². The van der Waals surface area contributed by atoms with Crippen LogP contribution in [0.25, 0.3) is 22.8 Å². The third-order valence-electron chi connectivity index (χ3n) is 5.90. The van der Waals surface area contributed by atoms with Crippen molar-refractivity contribution in [3.8, 4) is 22.8 Å². The molecule has 0 saturated carbocycles. The van der Waals surface area contributed by atoms with Gasteiger partial charge in [-0.3, -0.25) is 9.11 Å². The molecular weight excluding hydrogens is 509 g/mol. The molecule has 0 unspecified atom stereocenters. The first-order chi connectivity index (χ1) is 17.9.